The number of piperazine rings is 3. The number of nitrogens with two attached hydrogens (primary N) is 3. The summed E-state index contributed by atoms with van der Waals surface area (Å²) in [7, 11) is 0. The van der Waals surface area contributed by atoms with E-state index in [1.54, 1.807) is 24.3 Å². The first-order valence-electron chi connectivity index (χ1n) is 21.0. The van der Waals surface area contributed by atoms with Crippen LogP contribution >= 0.6 is 0 Å². The van der Waals surface area contributed by atoms with E-state index in [4.69, 9.17) is 26.7 Å². The monoisotopic (exact) mass is 820 g/mol. The van der Waals surface area contributed by atoms with Crippen molar-refractivity contribution in [1.29, 1.82) is 0 Å². The fourth-order valence-corrected chi connectivity index (χ4v) is 9.05. The van der Waals surface area contributed by atoms with Gasteiger partial charge < -0.3 is 56.3 Å². The van der Waals surface area contributed by atoms with E-state index in [9.17, 15) is 19.5 Å². The third-order valence-corrected chi connectivity index (χ3v) is 12.3. The van der Waals surface area contributed by atoms with Crippen LogP contribution in [0.3, 0.4) is 0 Å². The lowest BCUT2D eigenvalue weighted by molar-refractivity contribution is -0.138. The second kappa shape index (κ2) is 17.9. The fourth-order valence-electron chi connectivity index (χ4n) is 9.05. The summed E-state index contributed by atoms with van der Waals surface area (Å²) < 4.78 is 12.1. The van der Waals surface area contributed by atoms with Gasteiger partial charge in [0.15, 0.2) is 6.10 Å². The highest BCUT2D eigenvalue weighted by atomic mass is 16.5. The summed E-state index contributed by atoms with van der Waals surface area (Å²) in [5.74, 6) is 1.06. The average Bonchev–Trinajstić information content (AvgIpc) is 3.53. The van der Waals surface area contributed by atoms with Gasteiger partial charge in [-0.25, -0.2) is 4.79 Å². The van der Waals surface area contributed by atoms with E-state index in [1.807, 2.05) is 46.2 Å². The lowest BCUT2D eigenvalue weighted by Crippen LogP contribution is -2.57. The number of rotatable bonds is 11. The molecule has 3 aromatic carbocycles. The van der Waals surface area contributed by atoms with Crippen molar-refractivity contribution in [3.63, 3.8) is 0 Å². The van der Waals surface area contributed by atoms with E-state index in [0.717, 1.165) is 75.8 Å². The predicted molar refractivity (Wildman–Crippen MR) is 229 cm³/mol. The Bertz CT molecular complexity index is 2080. The summed E-state index contributed by atoms with van der Waals surface area (Å²) in [6.45, 7) is 8.52. The van der Waals surface area contributed by atoms with Crippen LogP contribution < -0.4 is 41.8 Å². The van der Waals surface area contributed by atoms with Gasteiger partial charge in [0.2, 0.25) is 5.91 Å². The van der Waals surface area contributed by atoms with Gasteiger partial charge in [0.05, 0.1) is 5.70 Å². The van der Waals surface area contributed by atoms with Crippen molar-refractivity contribution in [1.82, 2.24) is 24.9 Å². The Morgan fingerprint density at radius 2 is 1.45 bits per heavy atom. The number of para-hydroxylation sites is 1. The minimum Gasteiger partial charge on any atom is -0.507 e. The molecule has 4 amide bonds. The standard InChI is InChI=1S/C44H56N10O6/c45-37(36-6-1-2-7-39(36)55)27-38(42(46)47)53-28-32-8-9-33(29-53)54(32)31-4-3-5-35(26-31)59-25-24-49-16-18-51(19-17-49)44(58)52-22-20-50(21-23-52)30-10-12-34(13-11-30)60-40-14-15-41(56)48-43(40)57/h1-7,10-13,26-27,32-33,40,55H,8-9,14-25,28-29,45-47H2,(H,48,56,57)/b37-27-. The molecule has 3 aromatic rings. The molecule has 2 bridgehead atoms. The highest BCUT2D eigenvalue weighted by molar-refractivity contribution is 5.99. The molecule has 8 N–H and O–H groups in total. The first-order chi connectivity index (χ1) is 29.1. The van der Waals surface area contributed by atoms with E-state index < -0.39 is 12.0 Å². The number of amides is 4. The number of piperidine rings is 1. The molecule has 16 nitrogen and oxygen atoms in total. The number of imide groups is 1. The Balaban J connectivity index is 0.762. The third kappa shape index (κ3) is 9.13. The second-order valence-electron chi connectivity index (χ2n) is 16.1. The van der Waals surface area contributed by atoms with Gasteiger partial charge in [-0.15, -0.1) is 0 Å². The molecule has 0 aromatic heterocycles. The van der Waals surface area contributed by atoms with Gasteiger partial charge in [-0.05, 0) is 67.4 Å². The highest BCUT2D eigenvalue weighted by Gasteiger charge is 2.41. The fraction of sp³-hybridized carbons (Fsp3) is 0.432. The molecule has 5 saturated heterocycles. The number of urea groups is 1. The average molecular weight is 821 g/mol. The van der Waals surface area contributed by atoms with Crippen LogP contribution in [0.2, 0.25) is 0 Å². The molecule has 5 aliphatic heterocycles. The molecule has 3 unspecified atom stereocenters. The number of hydrogen-bond acceptors (Lipinski definition) is 13. The number of likely N-dealkylation sites (tertiary alicyclic amines) is 1. The van der Waals surface area contributed by atoms with Gasteiger partial charge in [0.25, 0.3) is 5.91 Å². The third-order valence-electron chi connectivity index (χ3n) is 12.3. The lowest BCUT2D eigenvalue weighted by Gasteiger charge is -2.44. The number of aromatic hydroxyl groups is 1. The molecule has 3 atom stereocenters. The van der Waals surface area contributed by atoms with Crippen LogP contribution in [0.15, 0.2) is 90.4 Å². The van der Waals surface area contributed by atoms with E-state index in [0.29, 0.717) is 61.9 Å². The van der Waals surface area contributed by atoms with Gasteiger partial charge in [-0.3, -0.25) is 19.8 Å². The maximum atomic E-state index is 13.5. The van der Waals surface area contributed by atoms with Crippen molar-refractivity contribution in [2.45, 2.75) is 43.9 Å². The number of phenols is 1. The van der Waals surface area contributed by atoms with Crippen molar-refractivity contribution in [2.24, 2.45) is 17.2 Å². The number of fused-ring (bicyclic) bond motifs is 2. The molecular weight excluding hydrogens is 765 g/mol. The number of carbonyl (C=O) groups is 3. The summed E-state index contributed by atoms with van der Waals surface area (Å²) in [4.78, 5) is 50.2. The van der Waals surface area contributed by atoms with E-state index in [-0.39, 0.29) is 42.0 Å². The lowest BCUT2D eigenvalue weighted by atomic mass is 10.1. The van der Waals surface area contributed by atoms with E-state index in [1.165, 1.54) is 0 Å². The Morgan fingerprint density at radius 1 is 0.767 bits per heavy atom. The maximum absolute atomic E-state index is 13.5. The van der Waals surface area contributed by atoms with Gasteiger partial charge in [-0.1, -0.05) is 18.2 Å². The molecule has 5 heterocycles. The number of carbonyl (C=O) groups excluding carboxylic acids is 3. The summed E-state index contributed by atoms with van der Waals surface area (Å²) in [5.41, 5.74) is 22.6. The van der Waals surface area contributed by atoms with Gasteiger partial charge in [-0.2, -0.15) is 0 Å². The number of nitrogens with zero attached hydrogens (tertiary/aromatic N) is 6. The SMILES string of the molecule is NC(N)=C(/C=C(\N)c1ccccc1O)N1CC2CCC(C1)N2c1cccc(OCCN2CCN(C(=O)N3CCN(c4ccc(OC5CCC(=O)NC5=O)cc4)CC3)CC2)c1. The Morgan fingerprint density at radius 3 is 2.12 bits per heavy atom. The number of benzene rings is 3. The molecule has 0 aliphatic carbocycles. The Hall–Kier alpha value is -6.29. The minimum atomic E-state index is -0.665. The number of phenolic OH excluding ortho intramolecular Hbond substituents is 1. The van der Waals surface area contributed by atoms with Crippen LogP contribution in [0.5, 0.6) is 17.2 Å². The quantitative estimate of drug-likeness (QED) is 0.140. The van der Waals surface area contributed by atoms with Crippen molar-refractivity contribution < 1.29 is 29.0 Å². The summed E-state index contributed by atoms with van der Waals surface area (Å²) >= 11 is 0. The number of allylic oxidation sites excluding steroid dienone is 1. The summed E-state index contributed by atoms with van der Waals surface area (Å²) in [6, 6.07) is 23.6. The zero-order valence-electron chi connectivity index (χ0n) is 34.0. The largest absolute Gasteiger partial charge is 0.507 e. The first kappa shape index (κ1) is 40.5. The molecule has 0 spiro atoms. The molecule has 16 heteroatoms. The van der Waals surface area contributed by atoms with Crippen LogP contribution in [0.1, 0.15) is 31.2 Å². The number of ether oxygens (including phenoxy) is 2. The van der Waals surface area contributed by atoms with Crippen molar-refractivity contribution >= 4 is 34.9 Å². The van der Waals surface area contributed by atoms with Crippen LogP contribution in [-0.2, 0) is 9.59 Å². The molecule has 0 saturated carbocycles. The van der Waals surface area contributed by atoms with E-state index >= 15 is 0 Å². The van der Waals surface area contributed by atoms with Gasteiger partial charge in [0.1, 0.15) is 29.7 Å². The molecule has 5 fully saturated rings. The van der Waals surface area contributed by atoms with Crippen molar-refractivity contribution in [3.05, 3.63) is 96.0 Å². The minimum absolute atomic E-state index is 0.0944. The van der Waals surface area contributed by atoms with Gasteiger partial charge >= 0.3 is 6.03 Å². The molecular formula is C44H56N10O6. The van der Waals surface area contributed by atoms with Gasteiger partial charge in [0, 0.05) is 126 Å². The van der Waals surface area contributed by atoms with Crippen LogP contribution in [0, 0.1) is 0 Å². The molecule has 8 rings (SSSR count). The first-order valence-corrected chi connectivity index (χ1v) is 21.0. The molecule has 0 radical (unpaired) electrons. The Labute approximate surface area is 350 Å². The normalized spacial score (nSPS) is 22.4. The van der Waals surface area contributed by atoms with Crippen molar-refractivity contribution in [2.75, 3.05) is 88.4 Å². The highest BCUT2D eigenvalue weighted by Crippen LogP contribution is 2.38. The van der Waals surface area contributed by atoms with Crippen molar-refractivity contribution in [3.8, 4) is 17.2 Å². The number of anilines is 2. The number of hydrogen-bond donors (Lipinski definition) is 5. The summed E-state index contributed by atoms with van der Waals surface area (Å²) in [6.07, 6.45) is 3.85. The molecule has 5 aliphatic rings. The molecule has 60 heavy (non-hydrogen) atoms. The maximum Gasteiger partial charge on any atom is 0.320 e. The molecule has 318 valence electrons. The predicted octanol–water partition coefficient (Wildman–Crippen LogP) is 2.25. The van der Waals surface area contributed by atoms with Crippen LogP contribution in [-0.4, -0.2) is 139 Å². The zero-order valence-corrected chi connectivity index (χ0v) is 34.0. The summed E-state index contributed by atoms with van der Waals surface area (Å²) in [5, 5.41) is 12.6. The number of nitrogens with one attached hydrogen (secondary N) is 1. The topological polar surface area (TPSA) is 199 Å². The second-order valence-corrected chi connectivity index (χ2v) is 16.1. The Kier molecular flexibility index (Phi) is 12.1. The smallest absolute Gasteiger partial charge is 0.320 e. The van der Waals surface area contributed by atoms with E-state index in [2.05, 4.69) is 43.1 Å². The van der Waals surface area contributed by atoms with Crippen LogP contribution in [0.25, 0.3) is 5.70 Å². The zero-order chi connectivity index (χ0) is 41.8. The van der Waals surface area contributed by atoms with Crippen LogP contribution in [0.4, 0.5) is 16.2 Å².